The molecule has 0 fully saturated rings. The molecule has 13 heteroatoms. The van der Waals surface area contributed by atoms with Crippen molar-refractivity contribution < 1.29 is 59.7 Å². The van der Waals surface area contributed by atoms with E-state index in [4.69, 9.17) is 9.47 Å². The maximum absolute atomic E-state index is 12.7. The number of rotatable bonds is 25. The molecule has 42 heavy (non-hydrogen) atoms. The van der Waals surface area contributed by atoms with Gasteiger partial charge < -0.3 is 18.9 Å². The molecule has 0 spiro atoms. The number of halogens is 6. The largest absolute Gasteiger partial charge is 0.490 e. The lowest BCUT2D eigenvalue weighted by atomic mass is 9.92. The number of carbonyl (C=O) groups excluding carboxylic acids is 3. The Balaban J connectivity index is 4.63. The van der Waals surface area contributed by atoms with Crippen LogP contribution in [0.25, 0.3) is 0 Å². The van der Waals surface area contributed by atoms with Crippen LogP contribution in [0.1, 0.15) is 117 Å². The summed E-state index contributed by atoms with van der Waals surface area (Å²) in [5.74, 6) is -6.01. The van der Waals surface area contributed by atoms with E-state index in [-0.39, 0.29) is 13.0 Å². The first-order chi connectivity index (χ1) is 19.8. The number of ether oxygens (including phenoxy) is 4. The van der Waals surface area contributed by atoms with Crippen molar-refractivity contribution in [2.45, 2.75) is 129 Å². The molecule has 0 radical (unpaired) electrons. The Morgan fingerprint density at radius 1 is 0.500 bits per heavy atom. The van der Waals surface area contributed by atoms with Crippen LogP contribution in [-0.2, 0) is 33.3 Å². The average Bonchev–Trinajstić information content (AvgIpc) is 2.93. The lowest BCUT2D eigenvalue weighted by Crippen LogP contribution is -2.45. The Hall–Kier alpha value is -2.05. The highest BCUT2D eigenvalue weighted by atomic mass is 19.4. The van der Waals surface area contributed by atoms with E-state index in [9.17, 15) is 40.7 Å². The third-order valence-corrected chi connectivity index (χ3v) is 6.61. The second-order valence-electron chi connectivity index (χ2n) is 10.7. The molecule has 0 rings (SSSR count). The van der Waals surface area contributed by atoms with Gasteiger partial charge in [0.05, 0.1) is 12.0 Å². The number of carbonyl (C=O) groups is 3. The molecule has 0 saturated heterocycles. The normalized spacial score (nSPS) is 12.3. The fourth-order valence-corrected chi connectivity index (χ4v) is 4.05. The average molecular weight is 623 g/mol. The van der Waals surface area contributed by atoms with Crippen LogP contribution in [0.4, 0.5) is 26.3 Å². The fraction of sp³-hybridized carbons (Fsp3) is 0.897. The topological polar surface area (TPSA) is 88.1 Å². The van der Waals surface area contributed by atoms with Gasteiger partial charge in [0.15, 0.2) is 0 Å². The molecule has 248 valence electrons. The van der Waals surface area contributed by atoms with Crippen LogP contribution in [0.5, 0.6) is 0 Å². The van der Waals surface area contributed by atoms with Gasteiger partial charge in [0.2, 0.25) is 0 Å². The van der Waals surface area contributed by atoms with E-state index in [1.807, 2.05) is 0 Å². The number of hydrogen-bond acceptors (Lipinski definition) is 7. The van der Waals surface area contributed by atoms with Gasteiger partial charge in [-0.05, 0) is 6.42 Å². The summed E-state index contributed by atoms with van der Waals surface area (Å²) in [5, 5.41) is 0. The Kier molecular flexibility index (Phi) is 21.4. The van der Waals surface area contributed by atoms with Crippen LogP contribution >= 0.6 is 0 Å². The highest BCUT2D eigenvalue weighted by Crippen LogP contribution is 2.26. The monoisotopic (exact) mass is 622 g/mol. The lowest BCUT2D eigenvalue weighted by Gasteiger charge is -2.32. The van der Waals surface area contributed by atoms with Crippen LogP contribution in [0.2, 0.25) is 0 Å². The van der Waals surface area contributed by atoms with E-state index in [0.29, 0.717) is 6.42 Å². The minimum Gasteiger partial charge on any atom is -0.465 e. The van der Waals surface area contributed by atoms with E-state index in [1.165, 1.54) is 71.1 Å². The van der Waals surface area contributed by atoms with Crippen LogP contribution in [0.15, 0.2) is 0 Å². The Morgan fingerprint density at radius 2 is 0.857 bits per heavy atom. The van der Waals surface area contributed by atoms with Gasteiger partial charge in [0.1, 0.15) is 19.8 Å². The molecule has 0 atom stereocenters. The maximum atomic E-state index is 12.7. The molecule has 0 saturated carbocycles. The molecule has 0 heterocycles. The molecule has 0 aromatic carbocycles. The summed E-state index contributed by atoms with van der Waals surface area (Å²) in [6.07, 6.45) is 6.26. The van der Waals surface area contributed by atoms with Gasteiger partial charge in [-0.1, -0.05) is 104 Å². The Bertz CT molecular complexity index is 711. The smallest absolute Gasteiger partial charge is 0.465 e. The number of unbranched alkanes of at least 4 members (excludes halogenated alkanes) is 14. The molecule has 0 aliphatic carbocycles. The zero-order valence-electron chi connectivity index (χ0n) is 25.0. The second kappa shape index (κ2) is 22.5. The molecular weight excluding hydrogens is 574 g/mol. The summed E-state index contributed by atoms with van der Waals surface area (Å²) in [5.41, 5.74) is -1.98. The van der Waals surface area contributed by atoms with Gasteiger partial charge in [0, 0.05) is 13.0 Å². The molecule has 0 bridgehead atoms. The van der Waals surface area contributed by atoms with Crippen molar-refractivity contribution in [3.63, 3.8) is 0 Å². The molecule has 0 aromatic heterocycles. The van der Waals surface area contributed by atoms with Crippen LogP contribution in [0.3, 0.4) is 0 Å². The zero-order valence-corrected chi connectivity index (χ0v) is 25.0. The first-order valence-electron chi connectivity index (χ1n) is 15.0. The van der Waals surface area contributed by atoms with Crippen molar-refractivity contribution in [2.24, 2.45) is 5.41 Å². The molecule has 0 unspecified atom stereocenters. The second-order valence-corrected chi connectivity index (χ2v) is 10.7. The summed E-state index contributed by atoms with van der Waals surface area (Å²) in [4.78, 5) is 34.2. The Morgan fingerprint density at radius 3 is 1.21 bits per heavy atom. The van der Waals surface area contributed by atoms with Crippen molar-refractivity contribution in [3.8, 4) is 0 Å². The summed E-state index contributed by atoms with van der Waals surface area (Å²) < 4.78 is 94.8. The van der Waals surface area contributed by atoms with Crippen molar-refractivity contribution in [2.75, 3.05) is 33.0 Å². The summed E-state index contributed by atoms with van der Waals surface area (Å²) in [6, 6.07) is 0. The third kappa shape index (κ3) is 20.8. The highest BCUT2D eigenvalue weighted by molar-refractivity contribution is 5.76. The van der Waals surface area contributed by atoms with Crippen molar-refractivity contribution in [1.29, 1.82) is 0 Å². The number of alkyl halides is 6. The van der Waals surface area contributed by atoms with Gasteiger partial charge in [-0.2, -0.15) is 26.3 Å². The summed E-state index contributed by atoms with van der Waals surface area (Å²) in [6.45, 7) is 0.0267. The quantitative estimate of drug-likeness (QED) is 0.0441. The number of esters is 3. The van der Waals surface area contributed by atoms with Crippen LogP contribution in [-0.4, -0.2) is 63.3 Å². The Labute approximate surface area is 245 Å². The minimum atomic E-state index is -5.37. The SMILES string of the molecule is CCCCCCCCCCCCCCCCCOCC(COC(=O)CC)(COC(=O)C(F)(F)F)COC(=O)C(F)(F)F. The van der Waals surface area contributed by atoms with Gasteiger partial charge in [-0.25, -0.2) is 9.59 Å². The molecule has 0 aliphatic rings. The van der Waals surface area contributed by atoms with Gasteiger partial charge in [0.25, 0.3) is 0 Å². The molecule has 7 nitrogen and oxygen atoms in total. The highest BCUT2D eigenvalue weighted by Gasteiger charge is 2.46. The number of hydrogen-bond donors (Lipinski definition) is 0. The van der Waals surface area contributed by atoms with Gasteiger partial charge in [-0.3, -0.25) is 4.79 Å². The molecular formula is C29H48F6O7. The fourth-order valence-electron chi connectivity index (χ4n) is 4.05. The van der Waals surface area contributed by atoms with E-state index in [1.54, 1.807) is 0 Å². The van der Waals surface area contributed by atoms with E-state index < -0.39 is 62.1 Å². The molecule has 0 N–H and O–H groups in total. The summed E-state index contributed by atoms with van der Waals surface area (Å²) in [7, 11) is 0. The van der Waals surface area contributed by atoms with E-state index in [2.05, 4.69) is 16.4 Å². The third-order valence-electron chi connectivity index (χ3n) is 6.61. The van der Waals surface area contributed by atoms with Crippen molar-refractivity contribution in [1.82, 2.24) is 0 Å². The first kappa shape index (κ1) is 40.0. The molecule has 0 aromatic rings. The molecule has 0 amide bonds. The standard InChI is InChI=1S/C29H48F6O7/c1-3-5-6-7-8-9-10-11-12-13-14-15-16-17-18-19-39-20-27(21-40-24(36)4-2,22-41-25(37)28(30,31)32)23-42-26(38)29(33,34)35/h3-23H2,1-2H3. The van der Waals surface area contributed by atoms with Crippen molar-refractivity contribution in [3.05, 3.63) is 0 Å². The molecule has 0 aliphatic heterocycles. The predicted molar refractivity (Wildman–Crippen MR) is 143 cm³/mol. The van der Waals surface area contributed by atoms with Gasteiger partial charge >= 0.3 is 30.3 Å². The van der Waals surface area contributed by atoms with E-state index >= 15 is 0 Å². The predicted octanol–water partition coefficient (Wildman–Crippen LogP) is 8.03. The zero-order chi connectivity index (χ0) is 31.9. The van der Waals surface area contributed by atoms with E-state index in [0.717, 1.165) is 25.7 Å². The van der Waals surface area contributed by atoms with Crippen molar-refractivity contribution >= 4 is 17.9 Å². The van der Waals surface area contributed by atoms with Crippen LogP contribution in [0, 0.1) is 5.41 Å². The lowest BCUT2D eigenvalue weighted by molar-refractivity contribution is -0.214. The van der Waals surface area contributed by atoms with Gasteiger partial charge in [-0.15, -0.1) is 0 Å². The summed E-state index contributed by atoms with van der Waals surface area (Å²) >= 11 is 0. The minimum absolute atomic E-state index is 0.0994. The van der Waals surface area contributed by atoms with Crippen LogP contribution < -0.4 is 0 Å². The maximum Gasteiger partial charge on any atom is 0.490 e. The first-order valence-corrected chi connectivity index (χ1v) is 15.0.